The molecule has 2 aromatic carbocycles. The molecular formula is C28H10F10N4. The summed E-state index contributed by atoms with van der Waals surface area (Å²) in [6.45, 7) is 0. The van der Waals surface area contributed by atoms with E-state index in [1.54, 1.807) is 0 Å². The first kappa shape index (κ1) is 27.1. The van der Waals surface area contributed by atoms with E-state index in [0.717, 1.165) is 12.1 Å². The molecule has 0 fully saturated rings. The molecule has 4 heterocycles. The summed E-state index contributed by atoms with van der Waals surface area (Å²) in [5.41, 5.74) is -4.12. The average Bonchev–Trinajstić information content (AvgIpc) is 3.55. The Kier molecular flexibility index (Phi) is 6.28. The van der Waals surface area contributed by atoms with E-state index in [-0.39, 0.29) is 22.5 Å². The van der Waals surface area contributed by atoms with Crippen LogP contribution >= 0.6 is 0 Å². The molecular weight excluding hydrogens is 582 g/mol. The van der Waals surface area contributed by atoms with Crippen LogP contribution in [0.2, 0.25) is 0 Å². The molecule has 0 aliphatic rings. The normalized spacial score (nSPS) is 11.6. The summed E-state index contributed by atoms with van der Waals surface area (Å²) in [6.07, 6.45) is 4.93. The maximum Gasteiger partial charge on any atom is 0.200 e. The predicted molar refractivity (Wildman–Crippen MR) is 129 cm³/mol. The first-order chi connectivity index (χ1) is 20.0. The summed E-state index contributed by atoms with van der Waals surface area (Å²) >= 11 is 0. The molecule has 0 aliphatic carbocycles. The first-order valence-electron chi connectivity index (χ1n) is 11.7. The number of halogens is 10. The molecule has 0 saturated carbocycles. The quantitative estimate of drug-likeness (QED) is 0.118. The minimum atomic E-state index is -2.43. The smallest absolute Gasteiger partial charge is 0.200 e. The minimum absolute atomic E-state index is 0.0829. The van der Waals surface area contributed by atoms with Crippen LogP contribution < -0.4 is 0 Å². The van der Waals surface area contributed by atoms with Crippen LogP contribution in [-0.4, -0.2) is 19.1 Å². The van der Waals surface area contributed by atoms with E-state index in [1.165, 1.54) is 49.1 Å². The lowest BCUT2D eigenvalue weighted by Crippen LogP contribution is -2.10. The van der Waals surface area contributed by atoms with Gasteiger partial charge < -0.3 is 9.13 Å². The largest absolute Gasteiger partial charge is 0.302 e. The van der Waals surface area contributed by atoms with Crippen molar-refractivity contribution in [2.45, 2.75) is 0 Å². The van der Waals surface area contributed by atoms with Crippen molar-refractivity contribution in [3.05, 3.63) is 119 Å². The highest BCUT2D eigenvalue weighted by Gasteiger charge is 2.33. The van der Waals surface area contributed by atoms with E-state index in [1.807, 2.05) is 0 Å². The lowest BCUT2D eigenvalue weighted by molar-refractivity contribution is 0.376. The van der Waals surface area contributed by atoms with Crippen LogP contribution in [0.4, 0.5) is 43.9 Å². The third kappa shape index (κ3) is 3.78. The van der Waals surface area contributed by atoms with Crippen molar-refractivity contribution in [1.82, 2.24) is 19.1 Å². The van der Waals surface area contributed by atoms with Gasteiger partial charge in [0.25, 0.3) is 0 Å². The van der Waals surface area contributed by atoms with Crippen molar-refractivity contribution in [3.63, 3.8) is 0 Å². The van der Waals surface area contributed by atoms with Crippen molar-refractivity contribution in [1.29, 1.82) is 0 Å². The molecule has 4 aromatic heterocycles. The van der Waals surface area contributed by atoms with Crippen LogP contribution in [0.5, 0.6) is 0 Å². The summed E-state index contributed by atoms with van der Waals surface area (Å²) < 4.78 is 147. The van der Waals surface area contributed by atoms with Gasteiger partial charge in [-0.2, -0.15) is 0 Å². The molecule has 0 amide bonds. The Hall–Kier alpha value is -5.14. The fraction of sp³-hybridized carbons (Fsp3) is 0. The van der Waals surface area contributed by atoms with Crippen molar-refractivity contribution in [3.8, 4) is 33.9 Å². The van der Waals surface area contributed by atoms with Crippen molar-refractivity contribution in [2.24, 2.45) is 0 Å². The zero-order valence-corrected chi connectivity index (χ0v) is 20.3. The second kappa shape index (κ2) is 9.75. The first-order valence-corrected chi connectivity index (χ1v) is 11.7. The second-order valence-electron chi connectivity index (χ2n) is 8.81. The maximum absolute atomic E-state index is 15.2. The number of pyridine rings is 2. The highest BCUT2D eigenvalue weighted by molar-refractivity contribution is 5.93. The van der Waals surface area contributed by atoms with E-state index in [0.29, 0.717) is 9.13 Å². The van der Waals surface area contributed by atoms with Gasteiger partial charge in [-0.15, -0.1) is 0 Å². The molecule has 0 saturated heterocycles. The Morgan fingerprint density at radius 2 is 0.643 bits per heavy atom. The van der Waals surface area contributed by atoms with E-state index >= 15 is 17.6 Å². The molecule has 0 N–H and O–H groups in total. The number of nitrogens with zero attached hydrogens (tertiary/aromatic N) is 4. The monoisotopic (exact) mass is 592 g/mol. The Balaban J connectivity index is 1.85. The number of benzene rings is 2. The summed E-state index contributed by atoms with van der Waals surface area (Å²) in [6, 6.07) is 7.25. The molecule has 0 aliphatic heterocycles. The molecule has 212 valence electrons. The Morgan fingerprint density at radius 3 is 0.929 bits per heavy atom. The lowest BCUT2D eigenvalue weighted by Gasteiger charge is -2.14. The van der Waals surface area contributed by atoms with Gasteiger partial charge in [-0.3, -0.25) is 9.97 Å². The summed E-state index contributed by atoms with van der Waals surface area (Å²) in [5, 5.41) is 0. The van der Waals surface area contributed by atoms with E-state index in [2.05, 4.69) is 9.97 Å². The van der Waals surface area contributed by atoms with Gasteiger partial charge in [-0.25, -0.2) is 43.9 Å². The van der Waals surface area contributed by atoms with Crippen molar-refractivity contribution in [2.75, 3.05) is 0 Å². The molecule has 0 bridgehead atoms. The van der Waals surface area contributed by atoms with E-state index in [9.17, 15) is 26.3 Å². The van der Waals surface area contributed by atoms with Crippen LogP contribution in [0.25, 0.3) is 44.9 Å². The SMILES string of the molecule is Fc1c(F)c(F)c(-n2c(-c3ccncc3)cc3c2cc(-c2ccncc2)n3-c2c(F)c(F)c(F)c(F)c2F)c(F)c1F. The molecule has 4 nitrogen and oxygen atoms in total. The molecule has 0 atom stereocenters. The van der Waals surface area contributed by atoms with Gasteiger partial charge in [0.05, 0.1) is 22.4 Å². The average molecular weight is 592 g/mol. The Bertz CT molecular complexity index is 1830. The van der Waals surface area contributed by atoms with Gasteiger partial charge in [0.15, 0.2) is 46.5 Å². The second-order valence-corrected chi connectivity index (χ2v) is 8.81. The number of rotatable bonds is 4. The standard InChI is InChI=1S/C28H10F10N4/c29-17-19(31)23(35)27(24(36)20(17)32)41-13(11-1-5-39-6-2-11)9-15-16(41)10-14(12-3-7-40-8-4-12)42(15)28-25(37)21(33)18(30)22(34)26(28)38/h1-10H. The molecule has 14 heteroatoms. The highest BCUT2D eigenvalue weighted by atomic mass is 19.2. The zero-order valence-electron chi connectivity index (χ0n) is 20.3. The molecule has 42 heavy (non-hydrogen) atoms. The number of hydrogen-bond donors (Lipinski definition) is 0. The fourth-order valence-electron chi connectivity index (χ4n) is 4.69. The number of aromatic nitrogens is 4. The van der Waals surface area contributed by atoms with Crippen LogP contribution in [-0.2, 0) is 0 Å². The van der Waals surface area contributed by atoms with Gasteiger partial charge in [0.1, 0.15) is 11.4 Å². The highest BCUT2D eigenvalue weighted by Crippen LogP contribution is 2.42. The minimum Gasteiger partial charge on any atom is -0.302 e. The van der Waals surface area contributed by atoms with Crippen LogP contribution in [0, 0.1) is 58.2 Å². The summed E-state index contributed by atoms with van der Waals surface area (Å²) in [4.78, 5) is 7.61. The topological polar surface area (TPSA) is 35.6 Å². The Morgan fingerprint density at radius 1 is 0.381 bits per heavy atom. The molecule has 6 aromatic rings. The van der Waals surface area contributed by atoms with Gasteiger partial charge in [0.2, 0.25) is 11.6 Å². The fourth-order valence-corrected chi connectivity index (χ4v) is 4.69. The van der Waals surface area contributed by atoms with Gasteiger partial charge in [-0.05, 0) is 36.4 Å². The van der Waals surface area contributed by atoms with Crippen LogP contribution in [0.3, 0.4) is 0 Å². The molecule has 0 spiro atoms. The van der Waals surface area contributed by atoms with Crippen molar-refractivity contribution >= 4 is 11.0 Å². The Labute approximate surface area is 227 Å². The summed E-state index contributed by atoms with van der Waals surface area (Å²) in [7, 11) is 0. The molecule has 0 radical (unpaired) electrons. The van der Waals surface area contributed by atoms with E-state index in [4.69, 9.17) is 0 Å². The van der Waals surface area contributed by atoms with Crippen LogP contribution in [0.1, 0.15) is 0 Å². The van der Waals surface area contributed by atoms with E-state index < -0.39 is 80.6 Å². The van der Waals surface area contributed by atoms with Crippen LogP contribution in [0.15, 0.2) is 61.2 Å². The van der Waals surface area contributed by atoms with Gasteiger partial charge in [-0.1, -0.05) is 0 Å². The molecule has 6 rings (SSSR count). The summed E-state index contributed by atoms with van der Waals surface area (Å²) in [5.74, 6) is -22.9. The third-order valence-electron chi connectivity index (χ3n) is 6.55. The van der Waals surface area contributed by atoms with Gasteiger partial charge in [0, 0.05) is 35.9 Å². The maximum atomic E-state index is 15.2. The number of fused-ring (bicyclic) bond motifs is 1. The molecule has 0 unspecified atom stereocenters. The van der Waals surface area contributed by atoms with Crippen molar-refractivity contribution < 1.29 is 43.9 Å². The third-order valence-corrected chi connectivity index (χ3v) is 6.55. The number of hydrogen-bond acceptors (Lipinski definition) is 2. The lowest BCUT2D eigenvalue weighted by atomic mass is 10.1. The predicted octanol–water partition coefficient (Wildman–Crippen LogP) is 7.94. The van der Waals surface area contributed by atoms with Gasteiger partial charge >= 0.3 is 0 Å². The zero-order chi connectivity index (χ0) is 30.0.